The number of amides is 2. The van der Waals surface area contributed by atoms with Crippen molar-refractivity contribution in [3.05, 3.63) is 64.6 Å². The highest BCUT2D eigenvalue weighted by molar-refractivity contribution is 6.00. The van der Waals surface area contributed by atoms with E-state index in [-0.39, 0.29) is 35.6 Å². The molecule has 28 heavy (non-hydrogen) atoms. The Morgan fingerprint density at radius 1 is 0.893 bits per heavy atom. The summed E-state index contributed by atoms with van der Waals surface area (Å²) in [5, 5.41) is 0. The van der Waals surface area contributed by atoms with Crippen LogP contribution in [0.25, 0.3) is 0 Å². The molecule has 1 aromatic heterocycles. The number of aromatic nitrogens is 1. The van der Waals surface area contributed by atoms with Crippen LogP contribution in [0.3, 0.4) is 0 Å². The van der Waals surface area contributed by atoms with E-state index < -0.39 is 0 Å². The Balaban J connectivity index is 1.33. The molecule has 0 N–H and O–H groups in total. The Bertz CT molecular complexity index is 984. The van der Waals surface area contributed by atoms with Crippen LogP contribution in [0.2, 0.25) is 0 Å². The third-order valence-corrected chi connectivity index (χ3v) is 6.33. The number of likely N-dealkylation sites (tertiary alicyclic amines) is 1. The van der Waals surface area contributed by atoms with Gasteiger partial charge in [0.15, 0.2) is 0 Å². The Labute approximate surface area is 163 Å². The lowest BCUT2D eigenvalue weighted by Gasteiger charge is -2.43. The topological polar surface area (TPSA) is 62.6 Å². The van der Waals surface area contributed by atoms with E-state index >= 15 is 0 Å². The molecule has 2 aromatic rings. The van der Waals surface area contributed by atoms with E-state index in [1.165, 1.54) is 0 Å². The summed E-state index contributed by atoms with van der Waals surface area (Å²) in [7, 11) is 0. The van der Waals surface area contributed by atoms with Crippen molar-refractivity contribution in [2.45, 2.75) is 25.3 Å². The zero-order valence-corrected chi connectivity index (χ0v) is 15.7. The fraction of sp³-hybridized carbons (Fsp3) is 0.409. The second-order valence-electron chi connectivity index (χ2n) is 8.18. The molecular formula is C22H23N3O3. The molecule has 3 aliphatic heterocycles. The van der Waals surface area contributed by atoms with Crippen LogP contribution in [0.5, 0.6) is 0 Å². The van der Waals surface area contributed by atoms with Gasteiger partial charge in [-0.3, -0.25) is 14.4 Å². The summed E-state index contributed by atoms with van der Waals surface area (Å²) in [5.41, 5.74) is 1.94. The van der Waals surface area contributed by atoms with Crippen molar-refractivity contribution >= 4 is 17.5 Å². The minimum atomic E-state index is -0.288. The smallest absolute Gasteiger partial charge is 0.250 e. The maximum Gasteiger partial charge on any atom is 0.250 e. The van der Waals surface area contributed by atoms with Crippen molar-refractivity contribution in [2.75, 3.05) is 24.5 Å². The Hall–Kier alpha value is -2.89. The van der Waals surface area contributed by atoms with Crippen molar-refractivity contribution in [1.29, 1.82) is 0 Å². The predicted octanol–water partition coefficient (Wildman–Crippen LogP) is 1.85. The number of benzene rings is 1. The van der Waals surface area contributed by atoms with Crippen LogP contribution < -0.4 is 10.5 Å². The summed E-state index contributed by atoms with van der Waals surface area (Å²) < 4.78 is 1.87. The normalized spacial score (nSPS) is 26.3. The van der Waals surface area contributed by atoms with Crippen LogP contribution in [0.1, 0.15) is 24.5 Å². The van der Waals surface area contributed by atoms with Crippen molar-refractivity contribution in [3.8, 4) is 0 Å². The minimum Gasteiger partial charge on any atom is -0.341 e. The number of rotatable bonds is 2. The first-order valence-electron chi connectivity index (χ1n) is 9.94. The molecular weight excluding hydrogens is 354 g/mol. The minimum absolute atomic E-state index is 0.0126. The molecule has 6 nitrogen and oxygen atoms in total. The van der Waals surface area contributed by atoms with Crippen molar-refractivity contribution < 1.29 is 9.59 Å². The standard InChI is InChI=1S/C22H23N3O3/c26-20-8-4-7-19-16-9-15(12-25(19)20)11-23(13-16)22(28)17-10-21(27)24(14-17)18-5-2-1-3-6-18/h1-8,15-17H,9-14H2/t15-,16+,17+/m1/s1. The van der Waals surface area contributed by atoms with Gasteiger partial charge in [-0.1, -0.05) is 24.3 Å². The van der Waals surface area contributed by atoms with Gasteiger partial charge in [-0.2, -0.15) is 0 Å². The summed E-state index contributed by atoms with van der Waals surface area (Å²) in [4.78, 5) is 41.5. The van der Waals surface area contributed by atoms with Crippen molar-refractivity contribution in [1.82, 2.24) is 9.47 Å². The first-order chi connectivity index (χ1) is 13.6. The molecule has 5 rings (SSSR count). The zero-order valence-electron chi connectivity index (χ0n) is 15.7. The number of para-hydroxylation sites is 1. The van der Waals surface area contributed by atoms with Gasteiger partial charge in [-0.05, 0) is 30.5 Å². The maximum absolute atomic E-state index is 13.2. The highest BCUT2D eigenvalue weighted by atomic mass is 16.2. The first-order valence-corrected chi connectivity index (χ1v) is 9.94. The fourth-order valence-electron chi connectivity index (χ4n) is 5.07. The van der Waals surface area contributed by atoms with E-state index in [4.69, 9.17) is 0 Å². The Kier molecular flexibility index (Phi) is 4.07. The van der Waals surface area contributed by atoms with Crippen LogP contribution in [0.4, 0.5) is 5.69 Å². The molecule has 0 saturated carbocycles. The van der Waals surface area contributed by atoms with Gasteiger partial charge >= 0.3 is 0 Å². The lowest BCUT2D eigenvalue weighted by molar-refractivity contribution is -0.138. The van der Waals surface area contributed by atoms with Crippen molar-refractivity contribution in [3.63, 3.8) is 0 Å². The number of carbonyl (C=O) groups is 2. The summed E-state index contributed by atoms with van der Waals surface area (Å²) in [6.45, 7) is 2.43. The number of fused-ring (bicyclic) bond motifs is 4. The largest absolute Gasteiger partial charge is 0.341 e. The average Bonchev–Trinajstić information content (AvgIpc) is 3.10. The molecule has 4 heterocycles. The average molecular weight is 377 g/mol. The van der Waals surface area contributed by atoms with E-state index in [2.05, 4.69) is 0 Å². The van der Waals surface area contributed by atoms with E-state index in [9.17, 15) is 14.4 Å². The molecule has 1 aromatic carbocycles. The maximum atomic E-state index is 13.2. The monoisotopic (exact) mass is 377 g/mol. The third kappa shape index (κ3) is 2.84. The summed E-state index contributed by atoms with van der Waals surface area (Å²) in [6, 6.07) is 15.0. The van der Waals surface area contributed by atoms with E-state index in [0.29, 0.717) is 32.1 Å². The van der Waals surface area contributed by atoms with Gasteiger partial charge < -0.3 is 14.4 Å². The molecule has 0 radical (unpaired) electrons. The lowest BCUT2D eigenvalue weighted by Crippen LogP contribution is -2.50. The Morgan fingerprint density at radius 3 is 2.54 bits per heavy atom. The molecule has 2 amide bonds. The number of anilines is 1. The van der Waals surface area contributed by atoms with Crippen LogP contribution in [-0.4, -0.2) is 40.9 Å². The highest BCUT2D eigenvalue weighted by Gasteiger charge is 2.41. The van der Waals surface area contributed by atoms with Gasteiger partial charge in [0.1, 0.15) is 0 Å². The highest BCUT2D eigenvalue weighted by Crippen LogP contribution is 2.36. The number of carbonyl (C=O) groups excluding carboxylic acids is 2. The zero-order chi connectivity index (χ0) is 19.3. The number of nitrogens with zero attached hydrogens (tertiary/aromatic N) is 3. The molecule has 6 heteroatoms. The lowest BCUT2D eigenvalue weighted by atomic mass is 9.82. The number of hydrogen-bond donors (Lipinski definition) is 0. The first kappa shape index (κ1) is 17.2. The van der Waals surface area contributed by atoms with E-state index in [1.54, 1.807) is 11.0 Å². The van der Waals surface area contributed by atoms with Gasteiger partial charge in [0.25, 0.3) is 5.56 Å². The van der Waals surface area contributed by atoms with Gasteiger partial charge in [-0.25, -0.2) is 0 Å². The quantitative estimate of drug-likeness (QED) is 0.802. The second kappa shape index (κ2) is 6.62. The molecule has 0 spiro atoms. The molecule has 2 fully saturated rings. The van der Waals surface area contributed by atoms with Crippen LogP contribution >= 0.6 is 0 Å². The fourth-order valence-corrected chi connectivity index (χ4v) is 5.07. The summed E-state index contributed by atoms with van der Waals surface area (Å²) >= 11 is 0. The van der Waals surface area contributed by atoms with Crippen LogP contribution in [0, 0.1) is 11.8 Å². The third-order valence-electron chi connectivity index (χ3n) is 6.33. The molecule has 3 aliphatic rings. The SMILES string of the molecule is O=C([C@H]1CC(=O)N(c2ccccc2)C1)N1C[C@H]2C[C@@H](C1)c1cccc(=O)n1C2. The van der Waals surface area contributed by atoms with Gasteiger partial charge in [0.2, 0.25) is 11.8 Å². The van der Waals surface area contributed by atoms with Crippen LogP contribution in [-0.2, 0) is 16.1 Å². The van der Waals surface area contributed by atoms with E-state index in [1.807, 2.05) is 51.9 Å². The molecule has 3 atom stereocenters. The number of pyridine rings is 1. The van der Waals surface area contributed by atoms with Gasteiger partial charge in [0.05, 0.1) is 5.92 Å². The van der Waals surface area contributed by atoms with Gasteiger partial charge in [-0.15, -0.1) is 0 Å². The molecule has 2 bridgehead atoms. The van der Waals surface area contributed by atoms with Crippen LogP contribution in [0.15, 0.2) is 53.3 Å². The number of piperidine rings is 1. The molecule has 0 unspecified atom stereocenters. The second-order valence-corrected chi connectivity index (χ2v) is 8.18. The molecule has 2 saturated heterocycles. The van der Waals surface area contributed by atoms with Crippen molar-refractivity contribution in [2.24, 2.45) is 11.8 Å². The Morgan fingerprint density at radius 2 is 1.71 bits per heavy atom. The molecule has 144 valence electrons. The summed E-state index contributed by atoms with van der Waals surface area (Å²) in [6.07, 6.45) is 1.29. The summed E-state index contributed by atoms with van der Waals surface area (Å²) in [5.74, 6) is 0.307. The van der Waals surface area contributed by atoms with E-state index in [0.717, 1.165) is 17.8 Å². The molecule has 0 aliphatic carbocycles. The predicted molar refractivity (Wildman–Crippen MR) is 105 cm³/mol. The number of hydrogen-bond acceptors (Lipinski definition) is 3. The van der Waals surface area contributed by atoms with Gasteiger partial charge in [0, 0.05) is 56.0 Å².